The Morgan fingerprint density at radius 2 is 1.86 bits per heavy atom. The van der Waals surface area contributed by atoms with Crippen LogP contribution in [0.4, 0.5) is 5.69 Å². The van der Waals surface area contributed by atoms with Crippen molar-refractivity contribution in [2.75, 3.05) is 19.1 Å². The van der Waals surface area contributed by atoms with Crippen LogP contribution in [0.1, 0.15) is 30.1 Å². The van der Waals surface area contributed by atoms with Gasteiger partial charge in [-0.2, -0.15) is 0 Å². The molecule has 1 spiro atoms. The summed E-state index contributed by atoms with van der Waals surface area (Å²) in [6.45, 7) is 0. The van der Waals surface area contributed by atoms with E-state index < -0.39 is 17.5 Å². The first-order chi connectivity index (χ1) is 13.6. The van der Waals surface area contributed by atoms with E-state index >= 15 is 0 Å². The number of ether oxygens (including phenoxy) is 2. The predicted molar refractivity (Wildman–Crippen MR) is 106 cm³/mol. The molecule has 2 aromatic rings. The number of hydrogen-bond acceptors (Lipinski definition) is 4. The fourth-order valence-electron chi connectivity index (χ4n) is 4.20. The molecule has 5 heteroatoms. The Morgan fingerprint density at radius 3 is 2.54 bits per heavy atom. The van der Waals surface area contributed by atoms with Crippen LogP contribution in [0.25, 0.3) is 0 Å². The number of amides is 1. The number of rotatable bonds is 4. The molecule has 144 valence electrons. The quantitative estimate of drug-likeness (QED) is 0.604. The molecule has 0 bridgehead atoms. The van der Waals surface area contributed by atoms with Gasteiger partial charge in [0, 0.05) is 19.8 Å². The second-order valence-electron chi connectivity index (χ2n) is 7.25. The minimum atomic E-state index is -0.759. The van der Waals surface area contributed by atoms with Crippen LogP contribution in [-0.2, 0) is 24.5 Å². The van der Waals surface area contributed by atoms with E-state index in [0.29, 0.717) is 12.8 Å². The smallest absolute Gasteiger partial charge is 0.340 e. The van der Waals surface area contributed by atoms with Crippen molar-refractivity contribution in [3.8, 4) is 0 Å². The van der Waals surface area contributed by atoms with Gasteiger partial charge in [0.05, 0.1) is 5.41 Å². The molecule has 0 fully saturated rings. The summed E-state index contributed by atoms with van der Waals surface area (Å²) in [5, 5.41) is 0. The first-order valence-corrected chi connectivity index (χ1v) is 9.42. The van der Waals surface area contributed by atoms with Crippen LogP contribution >= 0.6 is 0 Å². The van der Waals surface area contributed by atoms with E-state index in [2.05, 4.69) is 0 Å². The van der Waals surface area contributed by atoms with E-state index in [0.717, 1.165) is 16.8 Å². The maximum atomic E-state index is 13.0. The largest absolute Gasteiger partial charge is 0.456 e. The molecule has 2 aromatic carbocycles. The molecule has 0 aromatic heterocycles. The molecule has 2 aliphatic rings. The van der Waals surface area contributed by atoms with Crippen LogP contribution in [0.5, 0.6) is 0 Å². The lowest BCUT2D eigenvalue weighted by molar-refractivity contribution is -0.159. The Balaban J connectivity index is 1.52. The van der Waals surface area contributed by atoms with Crippen molar-refractivity contribution in [3.05, 3.63) is 77.9 Å². The molecule has 0 saturated carbocycles. The van der Waals surface area contributed by atoms with Crippen molar-refractivity contribution in [1.82, 2.24) is 0 Å². The molecular weight excluding hydrogens is 354 g/mol. The first-order valence-electron chi connectivity index (χ1n) is 9.42. The highest BCUT2D eigenvalue weighted by Crippen LogP contribution is 2.47. The molecule has 0 N–H and O–H groups in total. The van der Waals surface area contributed by atoms with Crippen LogP contribution in [0.2, 0.25) is 0 Å². The number of carbonyl (C=O) groups excluding carboxylic acids is 2. The van der Waals surface area contributed by atoms with Crippen molar-refractivity contribution >= 4 is 17.6 Å². The molecule has 0 radical (unpaired) electrons. The van der Waals surface area contributed by atoms with E-state index in [9.17, 15) is 9.59 Å². The minimum Gasteiger partial charge on any atom is -0.456 e. The summed E-state index contributed by atoms with van der Waals surface area (Å²) in [6, 6.07) is 17.1. The number of carbonyl (C=O) groups is 2. The zero-order valence-corrected chi connectivity index (χ0v) is 16.0. The first kappa shape index (κ1) is 18.4. The average Bonchev–Trinajstić information content (AvgIpc) is 2.94. The molecule has 1 heterocycles. The van der Waals surface area contributed by atoms with Gasteiger partial charge in [0.2, 0.25) is 5.91 Å². The van der Waals surface area contributed by atoms with Gasteiger partial charge in [-0.25, -0.2) is 4.79 Å². The summed E-state index contributed by atoms with van der Waals surface area (Å²) in [5.74, 6) is -0.358. The third-order valence-electron chi connectivity index (χ3n) is 5.67. The Morgan fingerprint density at radius 1 is 1.14 bits per heavy atom. The Bertz CT molecular complexity index is 923. The van der Waals surface area contributed by atoms with Crippen molar-refractivity contribution < 1.29 is 19.1 Å². The summed E-state index contributed by atoms with van der Waals surface area (Å²) in [6.07, 6.45) is 3.80. The van der Waals surface area contributed by atoms with Crippen LogP contribution in [0.3, 0.4) is 0 Å². The van der Waals surface area contributed by atoms with Gasteiger partial charge in [-0.15, -0.1) is 0 Å². The maximum absolute atomic E-state index is 13.0. The number of para-hydroxylation sites is 1. The molecule has 1 aliphatic heterocycles. The van der Waals surface area contributed by atoms with E-state index in [1.165, 1.54) is 7.11 Å². The van der Waals surface area contributed by atoms with Gasteiger partial charge in [0.25, 0.3) is 0 Å². The second-order valence-corrected chi connectivity index (χ2v) is 7.25. The van der Waals surface area contributed by atoms with Crippen molar-refractivity contribution in [3.63, 3.8) is 0 Å². The van der Waals surface area contributed by atoms with Crippen molar-refractivity contribution in [2.24, 2.45) is 0 Å². The second kappa shape index (κ2) is 7.24. The van der Waals surface area contributed by atoms with Gasteiger partial charge in [0.15, 0.2) is 6.10 Å². The normalized spacial score (nSPS) is 24.3. The van der Waals surface area contributed by atoms with Gasteiger partial charge in [-0.3, -0.25) is 4.79 Å². The van der Waals surface area contributed by atoms with E-state index in [1.807, 2.05) is 66.7 Å². The van der Waals surface area contributed by atoms with Crippen LogP contribution in [0.15, 0.2) is 66.7 Å². The van der Waals surface area contributed by atoms with Gasteiger partial charge in [-0.1, -0.05) is 54.6 Å². The zero-order valence-electron chi connectivity index (χ0n) is 16.0. The summed E-state index contributed by atoms with van der Waals surface area (Å²) < 4.78 is 11.0. The predicted octanol–water partition coefficient (Wildman–Crippen LogP) is 3.55. The Hall–Kier alpha value is -2.92. The van der Waals surface area contributed by atoms with E-state index in [-0.39, 0.29) is 12.0 Å². The number of benzene rings is 2. The van der Waals surface area contributed by atoms with Crippen LogP contribution < -0.4 is 4.90 Å². The fourth-order valence-corrected chi connectivity index (χ4v) is 4.20. The number of nitrogens with zero attached hydrogens (tertiary/aromatic N) is 1. The summed E-state index contributed by atoms with van der Waals surface area (Å²) in [4.78, 5) is 27.3. The third-order valence-corrected chi connectivity index (χ3v) is 5.67. The average molecular weight is 377 g/mol. The number of hydrogen-bond donors (Lipinski definition) is 0. The lowest BCUT2D eigenvalue weighted by Gasteiger charge is -2.31. The number of fused-ring (bicyclic) bond motifs is 2. The Kier molecular flexibility index (Phi) is 4.77. The molecular formula is C23H23NO4. The summed E-state index contributed by atoms with van der Waals surface area (Å²) in [5.41, 5.74) is 2.06. The fraction of sp³-hybridized carbons (Fsp3) is 0.304. The molecule has 2 unspecified atom stereocenters. The van der Waals surface area contributed by atoms with Crippen molar-refractivity contribution in [1.29, 1.82) is 0 Å². The molecule has 5 nitrogen and oxygen atoms in total. The number of methoxy groups -OCH3 is 1. The van der Waals surface area contributed by atoms with Crippen molar-refractivity contribution in [2.45, 2.75) is 30.5 Å². The van der Waals surface area contributed by atoms with E-state index in [1.54, 1.807) is 11.9 Å². The summed E-state index contributed by atoms with van der Waals surface area (Å²) in [7, 11) is 3.30. The highest BCUT2D eigenvalue weighted by atomic mass is 16.6. The third kappa shape index (κ3) is 2.92. The standard InChI is InChI=1S/C23H23NO4/c1-24-19-11-7-6-10-18(19)23(22(24)26)14-12-17(13-15-23)28-21(25)20(27-2)16-8-4-3-5-9-16/h3-12,14,17,20H,13,15H2,1-2H3/t17?,20-,23?/m1/s1. The number of likely N-dealkylation sites (N-methyl/N-ethyl adjacent to an activating group) is 1. The molecule has 28 heavy (non-hydrogen) atoms. The lowest BCUT2D eigenvalue weighted by Crippen LogP contribution is -2.40. The van der Waals surface area contributed by atoms with Gasteiger partial charge in [-0.05, 0) is 36.1 Å². The van der Waals surface area contributed by atoms with Gasteiger partial charge < -0.3 is 14.4 Å². The molecule has 3 atom stereocenters. The van der Waals surface area contributed by atoms with Gasteiger partial charge >= 0.3 is 5.97 Å². The number of anilines is 1. The highest BCUT2D eigenvalue weighted by Gasteiger charge is 2.49. The SMILES string of the molecule is CO[C@@H](C(=O)OC1C=CC2(CC1)C(=O)N(C)c1ccccc12)c1ccccc1. The summed E-state index contributed by atoms with van der Waals surface area (Å²) >= 11 is 0. The lowest BCUT2D eigenvalue weighted by atomic mass is 9.74. The van der Waals surface area contributed by atoms with Gasteiger partial charge in [0.1, 0.15) is 6.10 Å². The van der Waals surface area contributed by atoms with Crippen LogP contribution in [-0.4, -0.2) is 32.1 Å². The molecule has 1 amide bonds. The Labute approximate surface area is 164 Å². The maximum Gasteiger partial charge on any atom is 0.340 e. The highest BCUT2D eigenvalue weighted by molar-refractivity contribution is 6.09. The molecule has 0 saturated heterocycles. The monoisotopic (exact) mass is 377 g/mol. The molecule has 4 rings (SSSR count). The molecule has 1 aliphatic carbocycles. The topological polar surface area (TPSA) is 55.8 Å². The number of esters is 1. The minimum absolute atomic E-state index is 0.0637. The van der Waals surface area contributed by atoms with E-state index in [4.69, 9.17) is 9.47 Å². The zero-order chi connectivity index (χ0) is 19.7. The van der Waals surface area contributed by atoms with Crippen LogP contribution in [0, 0.1) is 0 Å².